The second-order valence-electron chi connectivity index (χ2n) is 4.94. The Morgan fingerprint density at radius 3 is 2.84 bits per heavy atom. The first kappa shape index (κ1) is 11.9. The average Bonchev–Trinajstić information content (AvgIpc) is 2.99. The molecule has 0 aliphatic heterocycles. The molecule has 19 heavy (non-hydrogen) atoms. The van der Waals surface area contributed by atoms with Crippen LogP contribution in [0, 0.1) is 0 Å². The van der Waals surface area contributed by atoms with Crippen LogP contribution in [0.25, 0.3) is 0 Å². The van der Waals surface area contributed by atoms with Gasteiger partial charge in [0.1, 0.15) is 12.9 Å². The van der Waals surface area contributed by atoms with E-state index in [1.54, 1.807) is 7.05 Å². The molecule has 0 N–H and O–H groups in total. The van der Waals surface area contributed by atoms with E-state index < -0.39 is 0 Å². The second-order valence-corrected chi connectivity index (χ2v) is 4.94. The highest BCUT2D eigenvalue weighted by Gasteiger charge is 2.15. The van der Waals surface area contributed by atoms with Gasteiger partial charge in [-0.1, -0.05) is 12.1 Å². The summed E-state index contributed by atoms with van der Waals surface area (Å²) in [6.07, 6.45) is 4.72. The lowest BCUT2D eigenvalue weighted by molar-refractivity contribution is 0.0966. The van der Waals surface area contributed by atoms with Gasteiger partial charge in [0.05, 0.1) is 0 Å². The smallest absolute Gasteiger partial charge is 0.292 e. The van der Waals surface area contributed by atoms with Crippen LogP contribution in [0.2, 0.25) is 0 Å². The van der Waals surface area contributed by atoms with Crippen molar-refractivity contribution in [3.8, 4) is 0 Å². The van der Waals surface area contributed by atoms with Crippen LogP contribution in [-0.4, -0.2) is 20.1 Å². The number of hydrogen-bond donors (Lipinski definition) is 0. The Morgan fingerprint density at radius 1 is 1.32 bits per heavy atom. The minimum absolute atomic E-state index is 0.00153. The van der Waals surface area contributed by atoms with E-state index in [1.807, 2.05) is 18.2 Å². The van der Waals surface area contributed by atoms with E-state index in [-0.39, 0.29) is 18.0 Å². The van der Waals surface area contributed by atoms with Crippen molar-refractivity contribution in [2.24, 2.45) is 7.05 Å². The van der Waals surface area contributed by atoms with Crippen LogP contribution in [-0.2, 0) is 26.4 Å². The van der Waals surface area contributed by atoms with Gasteiger partial charge in [0, 0.05) is 12.6 Å². The standard InChI is InChI=1S/C14H15N3O2/c1-16-9-15-17(14(16)19)8-13(18)12-6-5-10-3-2-4-11(10)7-12/h5-7,9H,2-4,8H2,1H3. The summed E-state index contributed by atoms with van der Waals surface area (Å²) in [4.78, 5) is 23.8. The highest BCUT2D eigenvalue weighted by Crippen LogP contribution is 2.23. The lowest BCUT2D eigenvalue weighted by Gasteiger charge is -2.04. The van der Waals surface area contributed by atoms with Gasteiger partial charge in [0.25, 0.3) is 0 Å². The van der Waals surface area contributed by atoms with Crippen LogP contribution in [0.3, 0.4) is 0 Å². The first-order chi connectivity index (χ1) is 9.15. The quantitative estimate of drug-likeness (QED) is 0.769. The minimum atomic E-state index is -0.269. The molecule has 1 aromatic carbocycles. The van der Waals surface area contributed by atoms with Gasteiger partial charge in [0.15, 0.2) is 5.78 Å². The van der Waals surface area contributed by atoms with Gasteiger partial charge in [-0.25, -0.2) is 9.48 Å². The normalized spacial score (nSPS) is 13.5. The Kier molecular flexibility index (Phi) is 2.81. The fourth-order valence-corrected chi connectivity index (χ4v) is 2.50. The van der Waals surface area contributed by atoms with Crippen LogP contribution in [0.1, 0.15) is 27.9 Å². The van der Waals surface area contributed by atoms with Crippen LogP contribution in [0.5, 0.6) is 0 Å². The summed E-state index contributed by atoms with van der Waals surface area (Å²) in [7, 11) is 1.62. The molecule has 1 aromatic heterocycles. The predicted molar refractivity (Wildman–Crippen MR) is 70.3 cm³/mol. The average molecular weight is 257 g/mol. The molecule has 3 rings (SSSR count). The fraction of sp³-hybridized carbons (Fsp3) is 0.357. The molecule has 1 aliphatic carbocycles. The van der Waals surface area contributed by atoms with Crippen molar-refractivity contribution in [3.05, 3.63) is 51.7 Å². The van der Waals surface area contributed by atoms with Gasteiger partial charge in [-0.3, -0.25) is 9.36 Å². The largest absolute Gasteiger partial charge is 0.345 e. The molecule has 0 saturated carbocycles. The highest BCUT2D eigenvalue weighted by atomic mass is 16.2. The minimum Gasteiger partial charge on any atom is -0.292 e. The monoisotopic (exact) mass is 257 g/mol. The van der Waals surface area contributed by atoms with Crippen molar-refractivity contribution in [1.29, 1.82) is 0 Å². The number of hydrogen-bond acceptors (Lipinski definition) is 3. The lowest BCUT2D eigenvalue weighted by atomic mass is 10.0. The maximum absolute atomic E-state index is 12.2. The Balaban J connectivity index is 1.85. The first-order valence-electron chi connectivity index (χ1n) is 6.38. The summed E-state index contributed by atoms with van der Waals surface area (Å²) < 4.78 is 2.55. The number of carbonyl (C=O) groups excluding carboxylic acids is 1. The number of benzene rings is 1. The van der Waals surface area contributed by atoms with Crippen molar-refractivity contribution in [3.63, 3.8) is 0 Å². The van der Waals surface area contributed by atoms with Gasteiger partial charge in [-0.15, -0.1) is 0 Å². The molecule has 0 bridgehead atoms. The number of aryl methyl sites for hydroxylation is 3. The molecule has 0 radical (unpaired) electrons. The number of carbonyl (C=O) groups is 1. The number of aromatic nitrogens is 3. The number of Topliss-reactive ketones (excluding diaryl/α,β-unsaturated/α-hetero) is 1. The zero-order valence-electron chi connectivity index (χ0n) is 10.8. The summed E-state index contributed by atoms with van der Waals surface area (Å²) in [5.41, 5.74) is 3.00. The fourth-order valence-electron chi connectivity index (χ4n) is 2.50. The number of rotatable bonds is 3. The maximum Gasteiger partial charge on any atom is 0.345 e. The summed E-state index contributed by atoms with van der Waals surface area (Å²) in [5, 5.41) is 3.90. The van der Waals surface area contributed by atoms with Gasteiger partial charge in [0.2, 0.25) is 0 Å². The second kappa shape index (κ2) is 4.50. The van der Waals surface area contributed by atoms with Crippen molar-refractivity contribution in [2.75, 3.05) is 0 Å². The first-order valence-corrected chi connectivity index (χ1v) is 6.38. The zero-order valence-corrected chi connectivity index (χ0v) is 10.8. The van der Waals surface area contributed by atoms with E-state index in [4.69, 9.17) is 0 Å². The molecule has 1 aliphatic rings. The summed E-state index contributed by atoms with van der Waals surface area (Å²) >= 11 is 0. The van der Waals surface area contributed by atoms with Gasteiger partial charge >= 0.3 is 5.69 Å². The van der Waals surface area contributed by atoms with Crippen molar-refractivity contribution in [2.45, 2.75) is 25.8 Å². The lowest BCUT2D eigenvalue weighted by Crippen LogP contribution is -2.26. The SMILES string of the molecule is Cn1cnn(CC(=O)c2ccc3c(c2)CCC3)c1=O. The zero-order chi connectivity index (χ0) is 13.4. The molecule has 0 amide bonds. The molecular weight excluding hydrogens is 242 g/mol. The van der Waals surface area contributed by atoms with Crippen LogP contribution >= 0.6 is 0 Å². The molecule has 0 unspecified atom stereocenters. The van der Waals surface area contributed by atoms with Gasteiger partial charge in [-0.2, -0.15) is 5.10 Å². The van der Waals surface area contributed by atoms with Gasteiger partial charge in [-0.05, 0) is 36.5 Å². The number of nitrogens with zero attached hydrogens (tertiary/aromatic N) is 3. The van der Waals surface area contributed by atoms with Crippen molar-refractivity contribution in [1.82, 2.24) is 14.3 Å². The Bertz CT molecular complexity index is 697. The van der Waals surface area contributed by atoms with E-state index in [9.17, 15) is 9.59 Å². The van der Waals surface area contributed by atoms with E-state index >= 15 is 0 Å². The molecule has 0 spiro atoms. The maximum atomic E-state index is 12.2. The van der Waals surface area contributed by atoms with Crippen LogP contribution in [0.4, 0.5) is 0 Å². The van der Waals surface area contributed by atoms with Crippen molar-refractivity contribution < 1.29 is 4.79 Å². The third kappa shape index (κ3) is 2.12. The summed E-state index contributed by atoms with van der Waals surface area (Å²) in [6, 6.07) is 5.83. The Morgan fingerprint density at radius 2 is 2.11 bits per heavy atom. The number of fused-ring (bicyclic) bond motifs is 1. The van der Waals surface area contributed by atoms with E-state index in [0.717, 1.165) is 19.3 Å². The predicted octanol–water partition coefficient (Wildman–Crippen LogP) is 0.953. The Labute approximate surface area is 110 Å². The molecule has 98 valence electrons. The molecule has 0 saturated heterocycles. The molecule has 1 heterocycles. The van der Waals surface area contributed by atoms with Crippen LogP contribution < -0.4 is 5.69 Å². The van der Waals surface area contributed by atoms with E-state index in [0.29, 0.717) is 5.56 Å². The third-order valence-electron chi connectivity index (χ3n) is 3.60. The molecule has 5 heteroatoms. The third-order valence-corrected chi connectivity index (χ3v) is 3.60. The summed E-state index contributed by atoms with van der Waals surface area (Å²) in [6.45, 7) is -0.00153. The topological polar surface area (TPSA) is 56.9 Å². The van der Waals surface area contributed by atoms with Crippen molar-refractivity contribution >= 4 is 5.78 Å². The molecule has 5 nitrogen and oxygen atoms in total. The van der Waals surface area contributed by atoms with Crippen LogP contribution in [0.15, 0.2) is 29.3 Å². The number of ketones is 1. The molecule has 0 atom stereocenters. The highest BCUT2D eigenvalue weighted by molar-refractivity contribution is 5.96. The molecule has 0 fully saturated rings. The van der Waals surface area contributed by atoms with E-state index in [2.05, 4.69) is 5.10 Å². The molecule has 2 aromatic rings. The van der Waals surface area contributed by atoms with Gasteiger partial charge < -0.3 is 0 Å². The Hall–Kier alpha value is -2.17. The molecular formula is C14H15N3O2. The summed E-state index contributed by atoms with van der Waals surface area (Å²) in [5.74, 6) is -0.0736. The van der Waals surface area contributed by atoms with E-state index in [1.165, 1.54) is 26.7 Å².